The van der Waals surface area contributed by atoms with Crippen LogP contribution in [-0.4, -0.2) is 77.0 Å². The van der Waals surface area contributed by atoms with E-state index in [0.717, 1.165) is 0 Å². The van der Waals surface area contributed by atoms with Crippen LogP contribution in [0.5, 0.6) is 0 Å². The Bertz CT molecular complexity index is 1600. The van der Waals surface area contributed by atoms with Crippen molar-refractivity contribution in [2.45, 2.75) is 0 Å². The van der Waals surface area contributed by atoms with E-state index >= 15 is 0 Å². The zero-order valence-corrected chi connectivity index (χ0v) is 27.3. The van der Waals surface area contributed by atoms with Crippen LogP contribution in [0.15, 0.2) is 133 Å². The smallest absolute Gasteiger partial charge is 0.199 e. The summed E-state index contributed by atoms with van der Waals surface area (Å²) in [7, 11) is 16.6. The van der Waals surface area contributed by atoms with Crippen LogP contribution in [0.25, 0.3) is 11.1 Å². The molecular formula is C40H44N4+2. The maximum Gasteiger partial charge on any atom is 0.199 e. The summed E-state index contributed by atoms with van der Waals surface area (Å²) in [5.41, 5.74) is 14.4. The van der Waals surface area contributed by atoms with Crippen molar-refractivity contribution < 1.29 is 9.15 Å². The number of hydrogen-bond acceptors (Lipinski definition) is 2. The minimum atomic E-state index is 1.19. The highest BCUT2D eigenvalue weighted by Gasteiger charge is 2.17. The summed E-state index contributed by atoms with van der Waals surface area (Å²) in [5, 5.41) is 0. The van der Waals surface area contributed by atoms with E-state index in [1.807, 2.05) is 0 Å². The van der Waals surface area contributed by atoms with Gasteiger partial charge in [0, 0.05) is 63.9 Å². The third kappa shape index (κ3) is 6.65. The van der Waals surface area contributed by atoms with Gasteiger partial charge in [0.2, 0.25) is 0 Å². The Balaban J connectivity index is 1.62. The summed E-state index contributed by atoms with van der Waals surface area (Å²) < 4.78 is 4.27. The number of allylic oxidation sites excluding steroid dienone is 10. The highest BCUT2D eigenvalue weighted by Crippen LogP contribution is 2.35. The quantitative estimate of drug-likeness (QED) is 0.289. The summed E-state index contributed by atoms with van der Waals surface area (Å²) in [4.78, 5) is 4.27. The Labute approximate surface area is 263 Å². The Morgan fingerprint density at radius 3 is 0.864 bits per heavy atom. The van der Waals surface area contributed by atoms with Gasteiger partial charge in [0.25, 0.3) is 0 Å². The molecule has 0 aliphatic heterocycles. The molecule has 4 nitrogen and oxygen atoms in total. The standard InChI is InChI=1S/C40H44N4/c1-41(2)35-21-13-31(14-22-35)39(32-15-23-36(24-16-32)42(3)4)29-9-11-30(12-10-29)40(33-17-25-37(26-18-33)43(5)6)34-19-27-38(28-20-34)44(7)8/h9-28H,1-8H3/q+2. The monoisotopic (exact) mass is 580 g/mol. The van der Waals surface area contributed by atoms with Crippen LogP contribution < -0.4 is 9.80 Å². The molecule has 0 saturated carbocycles. The predicted octanol–water partition coefficient (Wildman–Crippen LogP) is 7.10. The first kappa shape index (κ1) is 30.5. The van der Waals surface area contributed by atoms with Gasteiger partial charge in [-0.25, -0.2) is 9.15 Å². The summed E-state index contributed by atoms with van der Waals surface area (Å²) in [6, 6.07) is 26.8. The van der Waals surface area contributed by atoms with Crippen LogP contribution in [-0.2, 0) is 0 Å². The van der Waals surface area contributed by atoms with Crippen LogP contribution in [0, 0.1) is 0 Å². The Morgan fingerprint density at radius 2 is 0.636 bits per heavy atom. The highest BCUT2D eigenvalue weighted by molar-refractivity contribution is 6.05. The lowest BCUT2D eigenvalue weighted by molar-refractivity contribution is -0.462. The van der Waals surface area contributed by atoms with Gasteiger partial charge in [-0.3, -0.25) is 0 Å². The molecule has 2 aliphatic rings. The first-order valence-electron chi connectivity index (χ1n) is 15.1. The normalized spacial score (nSPS) is 13.8. The van der Waals surface area contributed by atoms with Crippen molar-refractivity contribution >= 4 is 33.9 Å². The van der Waals surface area contributed by atoms with Crippen molar-refractivity contribution in [2.24, 2.45) is 0 Å². The topological polar surface area (TPSA) is 12.5 Å². The zero-order valence-electron chi connectivity index (χ0n) is 27.3. The molecule has 0 radical (unpaired) electrons. The lowest BCUT2D eigenvalue weighted by Gasteiger charge is -2.18. The molecule has 0 bridgehead atoms. The van der Waals surface area contributed by atoms with Gasteiger partial charge in [-0.15, -0.1) is 0 Å². The van der Waals surface area contributed by atoms with E-state index in [9.17, 15) is 0 Å². The molecule has 0 amide bonds. The van der Waals surface area contributed by atoms with E-state index in [1.165, 1.54) is 67.3 Å². The Hall–Kier alpha value is -4.96. The van der Waals surface area contributed by atoms with E-state index in [1.54, 1.807) is 0 Å². The first-order chi connectivity index (χ1) is 21.1. The molecule has 3 aromatic carbocycles. The lowest BCUT2D eigenvalue weighted by atomic mass is 9.87. The van der Waals surface area contributed by atoms with Crippen molar-refractivity contribution in [1.29, 1.82) is 0 Å². The molecule has 0 spiro atoms. The summed E-state index contributed by atoms with van der Waals surface area (Å²) in [6.07, 6.45) is 17.7. The maximum absolute atomic E-state index is 2.27. The maximum atomic E-state index is 2.27. The lowest BCUT2D eigenvalue weighted by Crippen LogP contribution is -2.10. The van der Waals surface area contributed by atoms with Crippen molar-refractivity contribution in [3.05, 3.63) is 155 Å². The fraction of sp³-hybridized carbons (Fsp3) is 0.200. The van der Waals surface area contributed by atoms with Gasteiger partial charge in [0.15, 0.2) is 11.4 Å². The van der Waals surface area contributed by atoms with Gasteiger partial charge >= 0.3 is 0 Å². The summed E-state index contributed by atoms with van der Waals surface area (Å²) in [5.74, 6) is 0. The third-order valence-electron chi connectivity index (χ3n) is 8.15. The van der Waals surface area contributed by atoms with Crippen molar-refractivity contribution in [1.82, 2.24) is 0 Å². The molecule has 3 aromatic rings. The second-order valence-electron chi connectivity index (χ2n) is 12.1. The molecule has 0 unspecified atom stereocenters. The molecule has 0 N–H and O–H groups in total. The third-order valence-corrected chi connectivity index (χ3v) is 8.15. The molecule has 4 heteroatoms. The number of anilines is 2. The fourth-order valence-corrected chi connectivity index (χ4v) is 5.51. The molecule has 0 saturated heterocycles. The first-order valence-corrected chi connectivity index (χ1v) is 15.1. The van der Waals surface area contributed by atoms with Gasteiger partial charge in [0.1, 0.15) is 28.2 Å². The fourth-order valence-electron chi connectivity index (χ4n) is 5.51. The van der Waals surface area contributed by atoms with E-state index in [-0.39, 0.29) is 0 Å². The van der Waals surface area contributed by atoms with Gasteiger partial charge < -0.3 is 9.80 Å². The molecule has 0 aromatic heterocycles. The van der Waals surface area contributed by atoms with E-state index in [2.05, 4.69) is 197 Å². The molecule has 44 heavy (non-hydrogen) atoms. The average molecular weight is 581 g/mol. The second-order valence-corrected chi connectivity index (χ2v) is 12.1. The van der Waals surface area contributed by atoms with E-state index < -0.39 is 0 Å². The van der Waals surface area contributed by atoms with E-state index in [4.69, 9.17) is 0 Å². The number of hydrogen-bond donors (Lipinski definition) is 0. The van der Waals surface area contributed by atoms with Crippen LogP contribution >= 0.6 is 0 Å². The zero-order chi connectivity index (χ0) is 31.4. The Kier molecular flexibility index (Phi) is 9.10. The van der Waals surface area contributed by atoms with Crippen LogP contribution in [0.1, 0.15) is 22.3 Å². The van der Waals surface area contributed by atoms with Crippen molar-refractivity contribution in [2.75, 3.05) is 66.2 Å². The van der Waals surface area contributed by atoms with Crippen molar-refractivity contribution in [3.8, 4) is 0 Å². The largest absolute Gasteiger partial charge is 0.378 e. The molecular weight excluding hydrogens is 536 g/mol. The van der Waals surface area contributed by atoms with Crippen molar-refractivity contribution in [3.63, 3.8) is 0 Å². The summed E-state index contributed by atoms with van der Waals surface area (Å²) in [6.45, 7) is 0. The number of nitrogens with zero attached hydrogens (tertiary/aromatic N) is 4. The molecule has 5 rings (SSSR count). The highest BCUT2D eigenvalue weighted by atomic mass is 15.1. The van der Waals surface area contributed by atoms with Gasteiger partial charge in [-0.1, -0.05) is 48.5 Å². The van der Waals surface area contributed by atoms with Crippen LogP contribution in [0.4, 0.5) is 11.4 Å². The Morgan fingerprint density at radius 1 is 0.386 bits per heavy atom. The molecule has 2 aliphatic carbocycles. The minimum absolute atomic E-state index is 1.19. The van der Waals surface area contributed by atoms with Gasteiger partial charge in [-0.05, 0) is 93.1 Å². The minimum Gasteiger partial charge on any atom is -0.378 e. The van der Waals surface area contributed by atoms with Gasteiger partial charge in [0.05, 0.1) is 0 Å². The predicted molar refractivity (Wildman–Crippen MR) is 191 cm³/mol. The second kappa shape index (κ2) is 13.1. The number of benzene rings is 3. The van der Waals surface area contributed by atoms with Gasteiger partial charge in [-0.2, -0.15) is 0 Å². The van der Waals surface area contributed by atoms with Crippen LogP contribution in [0.3, 0.4) is 0 Å². The molecule has 222 valence electrons. The SMILES string of the molecule is CN(C)c1ccc(C(=C2C=CC(=[N+](C)C)C=C2)c2ccc(C(=C3C=CC(=[N+](C)C)C=C3)c3ccc(N(C)C)cc3)cc2)cc1. The molecule has 0 atom stereocenters. The summed E-state index contributed by atoms with van der Waals surface area (Å²) >= 11 is 0. The molecule has 0 fully saturated rings. The van der Waals surface area contributed by atoms with Crippen LogP contribution in [0.2, 0.25) is 0 Å². The average Bonchev–Trinajstić information content (AvgIpc) is 3.03. The van der Waals surface area contributed by atoms with E-state index in [0.29, 0.717) is 0 Å². The number of rotatable bonds is 6. The molecule has 0 heterocycles.